The maximum absolute atomic E-state index is 13.5. The molecule has 3 heterocycles. The summed E-state index contributed by atoms with van der Waals surface area (Å²) in [7, 11) is 1.66. The summed E-state index contributed by atoms with van der Waals surface area (Å²) in [6, 6.07) is 5.87. The third-order valence-corrected chi connectivity index (χ3v) is 6.24. The minimum absolute atomic E-state index is 0.0654. The average molecular weight is 389 g/mol. The molecule has 1 spiro atoms. The molecular formula is C21H32N4O3. The van der Waals surface area contributed by atoms with Crippen molar-refractivity contribution in [2.24, 2.45) is 0 Å². The van der Waals surface area contributed by atoms with Gasteiger partial charge in [0, 0.05) is 45.6 Å². The van der Waals surface area contributed by atoms with Gasteiger partial charge in [0.25, 0.3) is 5.91 Å². The number of pyridine rings is 1. The van der Waals surface area contributed by atoms with Crippen LogP contribution in [-0.4, -0.2) is 76.6 Å². The quantitative estimate of drug-likeness (QED) is 0.506. The molecule has 1 atom stereocenters. The summed E-state index contributed by atoms with van der Waals surface area (Å²) in [6.07, 6.45) is 4.88. The summed E-state index contributed by atoms with van der Waals surface area (Å²) in [5.74, 6) is -0.0654. The van der Waals surface area contributed by atoms with Crippen LogP contribution in [0.1, 0.15) is 45.2 Å². The van der Waals surface area contributed by atoms with Gasteiger partial charge in [-0.1, -0.05) is 13.0 Å². The topological polar surface area (TPSA) is 66.0 Å². The van der Waals surface area contributed by atoms with Crippen LogP contribution in [0.3, 0.4) is 0 Å². The minimum Gasteiger partial charge on any atom is -0.385 e. The molecule has 3 amide bonds. The van der Waals surface area contributed by atoms with Gasteiger partial charge in [0.05, 0.1) is 12.2 Å². The third kappa shape index (κ3) is 3.91. The highest BCUT2D eigenvalue weighted by Gasteiger charge is 2.57. The zero-order valence-electron chi connectivity index (χ0n) is 17.3. The molecule has 0 saturated carbocycles. The zero-order valence-corrected chi connectivity index (χ0v) is 17.3. The monoisotopic (exact) mass is 388 g/mol. The molecule has 7 heteroatoms. The van der Waals surface area contributed by atoms with E-state index < -0.39 is 5.54 Å². The van der Waals surface area contributed by atoms with Crippen LogP contribution in [0.15, 0.2) is 24.4 Å². The van der Waals surface area contributed by atoms with Crippen molar-refractivity contribution in [2.45, 2.75) is 57.7 Å². The number of amides is 3. The number of nitrogens with zero attached hydrogens (tertiary/aromatic N) is 4. The SMILES string of the molecule is CC[C@@H](C)N1CCC2(CC1)C(=O)N(Cc1ccccn1)C(=O)N2CCCOC. The van der Waals surface area contributed by atoms with Crippen molar-refractivity contribution in [1.29, 1.82) is 0 Å². The highest BCUT2D eigenvalue weighted by Crippen LogP contribution is 2.38. The molecule has 28 heavy (non-hydrogen) atoms. The standard InChI is InChI=1S/C21H32N4O3/c1-4-17(2)23-13-9-21(10-14-23)19(26)24(16-18-8-5-6-11-22-18)20(27)25(21)12-7-15-28-3/h5-6,8,11,17H,4,7,9-10,12-16H2,1-3H3/t17-/m1/s1. The lowest BCUT2D eigenvalue weighted by Crippen LogP contribution is -2.57. The predicted octanol–water partition coefficient (Wildman–Crippen LogP) is 2.52. The van der Waals surface area contributed by atoms with Crippen molar-refractivity contribution in [3.05, 3.63) is 30.1 Å². The molecular weight excluding hydrogens is 356 g/mol. The first-order valence-corrected chi connectivity index (χ1v) is 10.3. The molecule has 0 aliphatic carbocycles. The number of methoxy groups -OCH3 is 1. The van der Waals surface area contributed by atoms with Crippen LogP contribution in [-0.2, 0) is 16.1 Å². The van der Waals surface area contributed by atoms with Crippen molar-refractivity contribution in [3.8, 4) is 0 Å². The Hall–Kier alpha value is -1.99. The van der Waals surface area contributed by atoms with Crippen LogP contribution in [0, 0.1) is 0 Å². The number of rotatable bonds is 8. The fourth-order valence-electron chi connectivity index (χ4n) is 4.33. The summed E-state index contributed by atoms with van der Waals surface area (Å²) in [5, 5.41) is 0. The lowest BCUT2D eigenvalue weighted by Gasteiger charge is -2.44. The van der Waals surface area contributed by atoms with Crippen LogP contribution >= 0.6 is 0 Å². The molecule has 1 aromatic rings. The Morgan fingerprint density at radius 1 is 1.25 bits per heavy atom. The molecule has 0 N–H and O–H groups in total. The van der Waals surface area contributed by atoms with Crippen molar-refractivity contribution >= 4 is 11.9 Å². The third-order valence-electron chi connectivity index (χ3n) is 6.24. The molecule has 0 unspecified atom stereocenters. The number of aromatic nitrogens is 1. The van der Waals surface area contributed by atoms with Gasteiger partial charge in [-0.25, -0.2) is 4.79 Å². The lowest BCUT2D eigenvalue weighted by atomic mass is 9.85. The Morgan fingerprint density at radius 2 is 2.00 bits per heavy atom. The van der Waals surface area contributed by atoms with Gasteiger partial charge in [0.15, 0.2) is 0 Å². The van der Waals surface area contributed by atoms with Gasteiger partial charge in [0.1, 0.15) is 5.54 Å². The zero-order chi connectivity index (χ0) is 20.1. The maximum Gasteiger partial charge on any atom is 0.328 e. The van der Waals surface area contributed by atoms with E-state index in [0.717, 1.165) is 31.6 Å². The first-order valence-electron chi connectivity index (χ1n) is 10.3. The van der Waals surface area contributed by atoms with Gasteiger partial charge in [0.2, 0.25) is 0 Å². The van der Waals surface area contributed by atoms with Gasteiger partial charge in [-0.05, 0) is 44.7 Å². The molecule has 1 aromatic heterocycles. The average Bonchev–Trinajstić information content (AvgIpc) is 2.91. The molecule has 3 rings (SSSR count). The number of imide groups is 1. The smallest absolute Gasteiger partial charge is 0.328 e. The van der Waals surface area contributed by atoms with Crippen molar-refractivity contribution < 1.29 is 14.3 Å². The van der Waals surface area contributed by atoms with Gasteiger partial charge >= 0.3 is 6.03 Å². The lowest BCUT2D eigenvalue weighted by molar-refractivity contribution is -0.136. The number of hydrogen-bond donors (Lipinski definition) is 0. The van der Waals surface area contributed by atoms with Crippen LogP contribution in [0.25, 0.3) is 0 Å². The second-order valence-electron chi connectivity index (χ2n) is 7.82. The fraction of sp³-hybridized carbons (Fsp3) is 0.667. The summed E-state index contributed by atoms with van der Waals surface area (Å²) in [5.41, 5.74) is 0.0129. The van der Waals surface area contributed by atoms with E-state index in [1.54, 1.807) is 13.3 Å². The summed E-state index contributed by atoms with van der Waals surface area (Å²) >= 11 is 0. The highest BCUT2D eigenvalue weighted by atomic mass is 16.5. The Bertz CT molecular complexity index is 673. The van der Waals surface area contributed by atoms with Crippen LogP contribution < -0.4 is 0 Å². The molecule has 7 nitrogen and oxygen atoms in total. The van der Waals surface area contributed by atoms with E-state index in [2.05, 4.69) is 23.7 Å². The number of ether oxygens (including phenoxy) is 1. The van der Waals surface area contributed by atoms with Crippen molar-refractivity contribution in [3.63, 3.8) is 0 Å². The summed E-state index contributed by atoms with van der Waals surface area (Å²) in [4.78, 5) is 36.6. The number of hydrogen-bond acceptors (Lipinski definition) is 5. The van der Waals surface area contributed by atoms with E-state index in [4.69, 9.17) is 4.74 Å². The van der Waals surface area contributed by atoms with Crippen LogP contribution in [0.4, 0.5) is 4.79 Å². The largest absolute Gasteiger partial charge is 0.385 e. The molecule has 2 saturated heterocycles. The van der Waals surface area contributed by atoms with Gasteiger partial charge in [-0.2, -0.15) is 0 Å². The molecule has 154 valence electrons. The van der Waals surface area contributed by atoms with Crippen molar-refractivity contribution in [1.82, 2.24) is 19.7 Å². The fourth-order valence-corrected chi connectivity index (χ4v) is 4.33. The molecule has 0 bridgehead atoms. The molecule has 2 fully saturated rings. The second kappa shape index (κ2) is 9.01. The van der Waals surface area contributed by atoms with Crippen molar-refractivity contribution in [2.75, 3.05) is 33.4 Å². The van der Waals surface area contributed by atoms with E-state index >= 15 is 0 Å². The van der Waals surface area contributed by atoms with Gasteiger partial charge in [-0.15, -0.1) is 0 Å². The number of likely N-dealkylation sites (tertiary alicyclic amines) is 1. The Balaban J connectivity index is 1.81. The number of piperidine rings is 1. The Morgan fingerprint density at radius 3 is 2.61 bits per heavy atom. The Labute approximate surface area is 167 Å². The van der Waals surface area contributed by atoms with Gasteiger partial charge in [-0.3, -0.25) is 14.7 Å². The van der Waals surface area contributed by atoms with E-state index in [-0.39, 0.29) is 18.5 Å². The van der Waals surface area contributed by atoms with Crippen LogP contribution in [0.2, 0.25) is 0 Å². The summed E-state index contributed by atoms with van der Waals surface area (Å²) < 4.78 is 5.17. The second-order valence-corrected chi connectivity index (χ2v) is 7.82. The van der Waals surface area contributed by atoms with E-state index in [9.17, 15) is 9.59 Å². The molecule has 0 aromatic carbocycles. The van der Waals surface area contributed by atoms with Gasteiger partial charge < -0.3 is 14.5 Å². The minimum atomic E-state index is -0.719. The maximum atomic E-state index is 13.5. The van der Waals surface area contributed by atoms with E-state index in [1.165, 1.54) is 4.90 Å². The molecule has 2 aliphatic rings. The first-order chi connectivity index (χ1) is 13.5. The number of carbonyl (C=O) groups is 2. The number of urea groups is 1. The van der Waals surface area contributed by atoms with E-state index in [1.807, 2.05) is 23.1 Å². The predicted molar refractivity (Wildman–Crippen MR) is 107 cm³/mol. The molecule has 0 radical (unpaired) electrons. The summed E-state index contributed by atoms with van der Waals surface area (Å²) in [6.45, 7) is 7.44. The van der Waals surface area contributed by atoms with E-state index in [0.29, 0.717) is 32.0 Å². The molecule has 2 aliphatic heterocycles. The number of carbonyl (C=O) groups excluding carboxylic acids is 2. The first kappa shape index (κ1) is 20.7. The van der Waals surface area contributed by atoms with Crippen LogP contribution in [0.5, 0.6) is 0 Å². The highest BCUT2D eigenvalue weighted by molar-refractivity contribution is 6.07. The normalized spacial score (nSPS) is 21.0. The Kier molecular flexibility index (Phi) is 6.67.